The minimum absolute atomic E-state index is 0.209. The molecule has 0 unspecified atom stereocenters. The highest BCUT2D eigenvalue weighted by Gasteiger charge is 2.32. The average Bonchev–Trinajstić information content (AvgIpc) is 2.78. The smallest absolute Gasteiger partial charge is 0.292 e. The maximum absolute atomic E-state index is 12.4. The van der Waals surface area contributed by atoms with Crippen molar-refractivity contribution in [1.29, 1.82) is 0 Å². The van der Waals surface area contributed by atoms with E-state index >= 15 is 0 Å². The van der Waals surface area contributed by atoms with E-state index < -0.39 is 11.7 Å². The minimum Gasteiger partial charge on any atom is -0.292 e. The number of aryl methyl sites for hydroxylation is 1. The number of aromatic nitrogens is 2. The zero-order valence-electron chi connectivity index (χ0n) is 10.1. The Morgan fingerprint density at radius 1 is 1.26 bits per heavy atom. The first-order valence-corrected chi connectivity index (χ1v) is 5.56. The van der Waals surface area contributed by atoms with Crippen molar-refractivity contribution in [2.75, 3.05) is 0 Å². The molecule has 0 radical (unpaired) electrons. The van der Waals surface area contributed by atoms with Gasteiger partial charge in [-0.3, -0.25) is 9.48 Å². The molecule has 100 valence electrons. The number of carbonyl (C=O) groups is 1. The number of hydrogen-bond acceptors (Lipinski definition) is 2. The molecule has 19 heavy (non-hydrogen) atoms. The predicted octanol–water partition coefficient (Wildman–Crippen LogP) is 3.09. The van der Waals surface area contributed by atoms with Crippen LogP contribution < -0.4 is 0 Å². The van der Waals surface area contributed by atoms with Crippen molar-refractivity contribution in [1.82, 2.24) is 9.78 Å². The molecular formula is C13H11F3N2O. The van der Waals surface area contributed by atoms with Crippen LogP contribution in [0.4, 0.5) is 13.2 Å². The number of ketones is 1. The largest absolute Gasteiger partial charge is 0.419 e. The van der Waals surface area contributed by atoms with Gasteiger partial charge < -0.3 is 0 Å². The first-order chi connectivity index (χ1) is 8.86. The van der Waals surface area contributed by atoms with E-state index in [1.54, 1.807) is 24.3 Å². The number of hydrogen-bond donors (Lipinski definition) is 0. The minimum atomic E-state index is -4.44. The standard InChI is InChI=1S/C13H11F3N2O/c1-9-2-4-10(5-3-9)12(19)8-18-7-11(6-17-18)13(14,15)16/h2-7H,8H2,1H3. The first-order valence-electron chi connectivity index (χ1n) is 5.56. The molecular weight excluding hydrogens is 257 g/mol. The maximum atomic E-state index is 12.4. The fraction of sp³-hybridized carbons (Fsp3) is 0.231. The van der Waals surface area contributed by atoms with Gasteiger partial charge in [-0.25, -0.2) is 0 Å². The van der Waals surface area contributed by atoms with Crippen LogP contribution in [-0.2, 0) is 12.7 Å². The lowest BCUT2D eigenvalue weighted by atomic mass is 10.1. The van der Waals surface area contributed by atoms with Crippen molar-refractivity contribution in [3.63, 3.8) is 0 Å². The summed E-state index contributed by atoms with van der Waals surface area (Å²) in [4.78, 5) is 11.8. The van der Waals surface area contributed by atoms with Gasteiger partial charge in [0.25, 0.3) is 0 Å². The molecule has 0 amide bonds. The summed E-state index contributed by atoms with van der Waals surface area (Å²) in [6.07, 6.45) is -2.90. The molecule has 0 fully saturated rings. The second-order valence-corrected chi connectivity index (χ2v) is 4.21. The van der Waals surface area contributed by atoms with E-state index in [0.717, 1.165) is 16.4 Å². The summed E-state index contributed by atoms with van der Waals surface area (Å²) in [6.45, 7) is 1.68. The molecule has 2 rings (SSSR count). The Kier molecular flexibility index (Phi) is 3.42. The molecule has 0 aliphatic carbocycles. The van der Waals surface area contributed by atoms with Crippen molar-refractivity contribution in [3.05, 3.63) is 53.3 Å². The molecule has 0 atom stereocenters. The SMILES string of the molecule is Cc1ccc(C(=O)Cn2cc(C(F)(F)F)cn2)cc1. The Bertz CT molecular complexity index is 585. The van der Waals surface area contributed by atoms with E-state index in [2.05, 4.69) is 5.10 Å². The Labute approximate surface area is 107 Å². The van der Waals surface area contributed by atoms with Gasteiger partial charge in [0.05, 0.1) is 11.8 Å². The summed E-state index contributed by atoms with van der Waals surface area (Å²) in [5, 5.41) is 3.54. The first kappa shape index (κ1) is 13.3. The van der Waals surface area contributed by atoms with Gasteiger partial charge in [-0.15, -0.1) is 0 Å². The van der Waals surface area contributed by atoms with Crippen LogP contribution in [0.3, 0.4) is 0 Å². The normalized spacial score (nSPS) is 11.6. The molecule has 0 spiro atoms. The van der Waals surface area contributed by atoms with E-state index in [1.807, 2.05) is 6.92 Å². The molecule has 0 saturated carbocycles. The van der Waals surface area contributed by atoms with Gasteiger partial charge in [0.2, 0.25) is 0 Å². The van der Waals surface area contributed by atoms with E-state index in [4.69, 9.17) is 0 Å². The van der Waals surface area contributed by atoms with E-state index in [0.29, 0.717) is 11.8 Å². The molecule has 3 nitrogen and oxygen atoms in total. The molecule has 0 aliphatic heterocycles. The van der Waals surface area contributed by atoms with Crippen LogP contribution in [0, 0.1) is 6.92 Å². The monoisotopic (exact) mass is 268 g/mol. The highest BCUT2D eigenvalue weighted by Crippen LogP contribution is 2.28. The number of rotatable bonds is 3. The van der Waals surface area contributed by atoms with Gasteiger partial charge in [-0.2, -0.15) is 18.3 Å². The fourth-order valence-electron chi connectivity index (χ4n) is 1.57. The van der Waals surface area contributed by atoms with Gasteiger partial charge in [0, 0.05) is 11.8 Å². The number of carbonyl (C=O) groups excluding carboxylic acids is 1. The molecule has 1 aromatic heterocycles. The lowest BCUT2D eigenvalue weighted by molar-refractivity contribution is -0.137. The highest BCUT2D eigenvalue weighted by molar-refractivity contribution is 5.95. The molecule has 0 aliphatic rings. The summed E-state index contributed by atoms with van der Waals surface area (Å²) in [5.41, 5.74) is 0.605. The zero-order valence-corrected chi connectivity index (χ0v) is 10.1. The van der Waals surface area contributed by atoms with Crippen molar-refractivity contribution in [2.45, 2.75) is 19.6 Å². The van der Waals surface area contributed by atoms with Crippen LogP contribution in [0.5, 0.6) is 0 Å². The van der Waals surface area contributed by atoms with Crippen LogP contribution in [0.15, 0.2) is 36.7 Å². The third-order valence-corrected chi connectivity index (χ3v) is 2.64. The number of benzene rings is 1. The van der Waals surface area contributed by atoms with Crippen molar-refractivity contribution in [3.8, 4) is 0 Å². The summed E-state index contributed by atoms with van der Waals surface area (Å²) in [7, 11) is 0. The van der Waals surface area contributed by atoms with E-state index in [9.17, 15) is 18.0 Å². The average molecular weight is 268 g/mol. The number of Topliss-reactive ketones (excluding diaryl/α,β-unsaturated/α-hetero) is 1. The van der Waals surface area contributed by atoms with Crippen LogP contribution in [0.1, 0.15) is 21.5 Å². The van der Waals surface area contributed by atoms with Gasteiger partial charge >= 0.3 is 6.18 Å². The molecule has 1 aromatic carbocycles. The third kappa shape index (κ3) is 3.21. The summed E-state index contributed by atoms with van der Waals surface area (Å²) in [5.74, 6) is -0.281. The number of halogens is 3. The lowest BCUT2D eigenvalue weighted by Crippen LogP contribution is -2.11. The molecule has 6 heteroatoms. The summed E-state index contributed by atoms with van der Waals surface area (Å²) >= 11 is 0. The van der Waals surface area contributed by atoms with Crippen LogP contribution in [-0.4, -0.2) is 15.6 Å². The Hall–Kier alpha value is -2.11. The number of alkyl halides is 3. The zero-order chi connectivity index (χ0) is 14.0. The van der Waals surface area contributed by atoms with Crippen molar-refractivity contribution in [2.24, 2.45) is 0 Å². The summed E-state index contributed by atoms with van der Waals surface area (Å²) in [6, 6.07) is 6.84. The van der Waals surface area contributed by atoms with Crippen LogP contribution >= 0.6 is 0 Å². The Morgan fingerprint density at radius 2 is 1.89 bits per heavy atom. The van der Waals surface area contributed by atoms with Gasteiger partial charge in [-0.05, 0) is 6.92 Å². The Balaban J connectivity index is 2.11. The van der Waals surface area contributed by atoms with E-state index in [1.165, 1.54) is 0 Å². The van der Waals surface area contributed by atoms with Crippen molar-refractivity contribution < 1.29 is 18.0 Å². The second-order valence-electron chi connectivity index (χ2n) is 4.21. The topological polar surface area (TPSA) is 34.9 Å². The third-order valence-electron chi connectivity index (χ3n) is 2.64. The molecule has 0 saturated heterocycles. The van der Waals surface area contributed by atoms with Crippen LogP contribution in [0.2, 0.25) is 0 Å². The quantitative estimate of drug-likeness (QED) is 0.802. The van der Waals surface area contributed by atoms with Crippen molar-refractivity contribution >= 4 is 5.78 Å². The van der Waals surface area contributed by atoms with Gasteiger partial charge in [-0.1, -0.05) is 29.8 Å². The van der Waals surface area contributed by atoms with Crippen LogP contribution in [0.25, 0.3) is 0 Å². The van der Waals surface area contributed by atoms with Gasteiger partial charge in [0.1, 0.15) is 6.54 Å². The molecule has 0 N–H and O–H groups in total. The van der Waals surface area contributed by atoms with E-state index in [-0.39, 0.29) is 12.3 Å². The molecule has 0 bridgehead atoms. The fourth-order valence-corrected chi connectivity index (χ4v) is 1.57. The second kappa shape index (κ2) is 4.87. The summed E-state index contributed by atoms with van der Waals surface area (Å²) < 4.78 is 38.1. The maximum Gasteiger partial charge on any atom is 0.419 e. The Morgan fingerprint density at radius 3 is 2.42 bits per heavy atom. The van der Waals surface area contributed by atoms with Gasteiger partial charge in [0.15, 0.2) is 5.78 Å². The predicted molar refractivity (Wildman–Crippen MR) is 62.7 cm³/mol. The number of nitrogens with zero attached hydrogens (tertiary/aromatic N) is 2. The lowest BCUT2D eigenvalue weighted by Gasteiger charge is -2.03. The molecule has 2 aromatic rings. The molecule has 1 heterocycles. The highest BCUT2D eigenvalue weighted by atomic mass is 19.4.